The molecular formula is C16H24ClN5S. The van der Waals surface area contributed by atoms with Crippen LogP contribution in [0.2, 0.25) is 4.34 Å². The zero-order valence-corrected chi connectivity index (χ0v) is 15.7. The SMILES string of the molecule is CCNC(=NCc1c(C)nn(C)c1C)NCCc1ccc(Cl)s1. The first kappa shape index (κ1) is 17.8. The molecule has 0 fully saturated rings. The molecule has 0 saturated heterocycles. The maximum absolute atomic E-state index is 5.95. The van der Waals surface area contributed by atoms with Crippen molar-refractivity contribution in [2.75, 3.05) is 13.1 Å². The molecule has 0 spiro atoms. The fraction of sp³-hybridized carbons (Fsp3) is 0.500. The first-order valence-electron chi connectivity index (χ1n) is 7.76. The van der Waals surface area contributed by atoms with E-state index in [9.17, 15) is 0 Å². The Morgan fingerprint density at radius 2 is 2.13 bits per heavy atom. The number of nitrogens with one attached hydrogen (secondary N) is 2. The second-order valence-electron chi connectivity index (χ2n) is 5.35. The van der Waals surface area contributed by atoms with Crippen molar-refractivity contribution in [3.05, 3.63) is 38.3 Å². The van der Waals surface area contributed by atoms with Crippen molar-refractivity contribution in [2.45, 2.75) is 33.7 Å². The second-order valence-corrected chi connectivity index (χ2v) is 7.15. The topological polar surface area (TPSA) is 54.2 Å². The van der Waals surface area contributed by atoms with Gasteiger partial charge in [0, 0.05) is 36.3 Å². The molecule has 126 valence electrons. The molecule has 2 aromatic heterocycles. The molecule has 0 aliphatic heterocycles. The highest BCUT2D eigenvalue weighted by molar-refractivity contribution is 7.16. The molecule has 2 heterocycles. The average Bonchev–Trinajstić information content (AvgIpc) is 3.01. The van der Waals surface area contributed by atoms with Crippen LogP contribution in [-0.4, -0.2) is 28.8 Å². The van der Waals surface area contributed by atoms with Crippen LogP contribution in [0.1, 0.15) is 28.8 Å². The predicted octanol–water partition coefficient (Wildman–Crippen LogP) is 3.05. The maximum atomic E-state index is 5.95. The molecule has 0 saturated carbocycles. The van der Waals surface area contributed by atoms with Gasteiger partial charge in [-0.15, -0.1) is 11.3 Å². The standard InChI is InChI=1S/C16H24ClN5S/c1-5-18-16(19-9-8-13-6-7-15(17)23-13)20-10-14-11(2)21-22(4)12(14)3/h6-7H,5,8-10H2,1-4H3,(H2,18,19,20). The van der Waals surface area contributed by atoms with Crippen molar-refractivity contribution in [3.8, 4) is 0 Å². The largest absolute Gasteiger partial charge is 0.357 e. The van der Waals surface area contributed by atoms with Crippen LogP contribution in [0.4, 0.5) is 0 Å². The Balaban J connectivity index is 1.94. The normalized spacial score (nSPS) is 11.8. The van der Waals surface area contributed by atoms with Crippen LogP contribution in [-0.2, 0) is 20.0 Å². The van der Waals surface area contributed by atoms with E-state index in [0.717, 1.165) is 41.2 Å². The van der Waals surface area contributed by atoms with Crippen LogP contribution in [0.25, 0.3) is 0 Å². The lowest BCUT2D eigenvalue weighted by atomic mass is 10.2. The smallest absolute Gasteiger partial charge is 0.191 e. The lowest BCUT2D eigenvalue weighted by molar-refractivity contribution is 0.730. The number of nitrogens with zero attached hydrogens (tertiary/aromatic N) is 3. The van der Waals surface area contributed by atoms with Gasteiger partial charge in [-0.2, -0.15) is 5.10 Å². The molecule has 2 aromatic rings. The molecule has 0 aliphatic carbocycles. The number of guanidine groups is 1. The Morgan fingerprint density at radius 3 is 2.70 bits per heavy atom. The van der Waals surface area contributed by atoms with Gasteiger partial charge in [-0.25, -0.2) is 4.99 Å². The average molecular weight is 354 g/mol. The first-order chi connectivity index (χ1) is 11.0. The molecule has 0 aliphatic rings. The number of hydrogen-bond donors (Lipinski definition) is 2. The van der Waals surface area contributed by atoms with Crippen LogP contribution in [0, 0.1) is 13.8 Å². The molecule has 5 nitrogen and oxygen atoms in total. The van der Waals surface area contributed by atoms with Gasteiger partial charge in [0.1, 0.15) is 0 Å². The van der Waals surface area contributed by atoms with Gasteiger partial charge in [0.05, 0.1) is 16.6 Å². The lowest BCUT2D eigenvalue weighted by Crippen LogP contribution is -2.38. The zero-order chi connectivity index (χ0) is 16.8. The quantitative estimate of drug-likeness (QED) is 0.620. The summed E-state index contributed by atoms with van der Waals surface area (Å²) >= 11 is 7.58. The first-order valence-corrected chi connectivity index (χ1v) is 8.96. The van der Waals surface area contributed by atoms with Gasteiger partial charge in [-0.05, 0) is 39.3 Å². The highest BCUT2D eigenvalue weighted by Gasteiger charge is 2.09. The molecule has 0 radical (unpaired) electrons. The van der Waals surface area contributed by atoms with E-state index in [0.29, 0.717) is 6.54 Å². The molecule has 2 N–H and O–H groups in total. The van der Waals surface area contributed by atoms with Crippen molar-refractivity contribution >= 4 is 28.9 Å². The molecule has 0 aromatic carbocycles. The van der Waals surface area contributed by atoms with E-state index >= 15 is 0 Å². The summed E-state index contributed by atoms with van der Waals surface area (Å²) in [5.41, 5.74) is 3.39. The van der Waals surface area contributed by atoms with Gasteiger partial charge >= 0.3 is 0 Å². The minimum Gasteiger partial charge on any atom is -0.357 e. The number of aryl methyl sites for hydroxylation is 2. The van der Waals surface area contributed by atoms with E-state index in [1.54, 1.807) is 11.3 Å². The summed E-state index contributed by atoms with van der Waals surface area (Å²) in [6, 6.07) is 4.01. The van der Waals surface area contributed by atoms with E-state index in [-0.39, 0.29) is 0 Å². The van der Waals surface area contributed by atoms with Crippen molar-refractivity contribution < 1.29 is 0 Å². The highest BCUT2D eigenvalue weighted by Crippen LogP contribution is 2.21. The Hall–Kier alpha value is -1.53. The molecule has 0 amide bonds. The van der Waals surface area contributed by atoms with Gasteiger partial charge in [0.2, 0.25) is 0 Å². The Morgan fingerprint density at radius 1 is 1.35 bits per heavy atom. The number of aromatic nitrogens is 2. The lowest BCUT2D eigenvalue weighted by Gasteiger charge is -2.11. The maximum Gasteiger partial charge on any atom is 0.191 e. The molecule has 23 heavy (non-hydrogen) atoms. The Labute approximate surface area is 146 Å². The predicted molar refractivity (Wildman–Crippen MR) is 98.5 cm³/mol. The third-order valence-electron chi connectivity index (χ3n) is 3.69. The zero-order valence-electron chi connectivity index (χ0n) is 14.1. The van der Waals surface area contributed by atoms with Gasteiger partial charge < -0.3 is 10.6 Å². The third-order valence-corrected chi connectivity index (χ3v) is 4.98. The van der Waals surface area contributed by atoms with E-state index in [2.05, 4.69) is 40.6 Å². The van der Waals surface area contributed by atoms with Crippen molar-refractivity contribution in [2.24, 2.45) is 12.0 Å². The summed E-state index contributed by atoms with van der Waals surface area (Å²) in [5, 5.41) is 11.1. The van der Waals surface area contributed by atoms with Gasteiger partial charge in [0.15, 0.2) is 5.96 Å². The van der Waals surface area contributed by atoms with Crippen LogP contribution in [0.15, 0.2) is 17.1 Å². The summed E-state index contributed by atoms with van der Waals surface area (Å²) in [7, 11) is 1.96. The number of rotatable bonds is 6. The van der Waals surface area contributed by atoms with E-state index in [1.165, 1.54) is 10.4 Å². The minimum absolute atomic E-state index is 0.631. The van der Waals surface area contributed by atoms with Crippen molar-refractivity contribution in [1.29, 1.82) is 0 Å². The van der Waals surface area contributed by atoms with E-state index in [1.807, 2.05) is 24.7 Å². The molecule has 2 rings (SSSR count). The number of hydrogen-bond acceptors (Lipinski definition) is 3. The van der Waals surface area contributed by atoms with Crippen LogP contribution >= 0.6 is 22.9 Å². The van der Waals surface area contributed by atoms with E-state index in [4.69, 9.17) is 11.6 Å². The minimum atomic E-state index is 0.631. The summed E-state index contributed by atoms with van der Waals surface area (Å²) in [6.45, 7) is 8.46. The monoisotopic (exact) mass is 353 g/mol. The van der Waals surface area contributed by atoms with Crippen LogP contribution in [0.5, 0.6) is 0 Å². The van der Waals surface area contributed by atoms with Gasteiger partial charge in [-0.3, -0.25) is 4.68 Å². The molecule has 0 atom stereocenters. The summed E-state index contributed by atoms with van der Waals surface area (Å²) in [6.07, 6.45) is 0.937. The summed E-state index contributed by atoms with van der Waals surface area (Å²) in [5.74, 6) is 0.831. The van der Waals surface area contributed by atoms with Gasteiger partial charge in [0.25, 0.3) is 0 Å². The third kappa shape index (κ3) is 4.97. The van der Waals surface area contributed by atoms with Crippen LogP contribution < -0.4 is 10.6 Å². The molecular weight excluding hydrogens is 330 g/mol. The highest BCUT2D eigenvalue weighted by atomic mass is 35.5. The number of thiophene rings is 1. The number of halogens is 1. The van der Waals surface area contributed by atoms with Gasteiger partial charge in [-0.1, -0.05) is 11.6 Å². The second kappa shape index (κ2) is 8.36. The van der Waals surface area contributed by atoms with Crippen molar-refractivity contribution in [3.63, 3.8) is 0 Å². The van der Waals surface area contributed by atoms with Crippen LogP contribution in [0.3, 0.4) is 0 Å². The van der Waals surface area contributed by atoms with E-state index < -0.39 is 0 Å². The Kier molecular flexibility index (Phi) is 6.47. The fourth-order valence-electron chi connectivity index (χ4n) is 2.34. The molecule has 0 unspecified atom stereocenters. The summed E-state index contributed by atoms with van der Waals surface area (Å²) < 4.78 is 2.74. The molecule has 0 bridgehead atoms. The Bertz CT molecular complexity index is 674. The number of aliphatic imine (C=N–C) groups is 1. The summed E-state index contributed by atoms with van der Waals surface area (Å²) in [4.78, 5) is 5.95. The molecule has 7 heteroatoms. The fourth-order valence-corrected chi connectivity index (χ4v) is 3.42. The van der Waals surface area contributed by atoms with Crippen molar-refractivity contribution in [1.82, 2.24) is 20.4 Å².